The van der Waals surface area contributed by atoms with Crippen molar-refractivity contribution in [2.45, 2.75) is 6.42 Å². The maximum absolute atomic E-state index is 11.8. The third-order valence-corrected chi connectivity index (χ3v) is 3.55. The molecule has 0 aliphatic rings. The highest BCUT2D eigenvalue weighted by Crippen LogP contribution is 2.21. The number of carbonyl (C=O) groups is 1. The fourth-order valence-corrected chi connectivity index (χ4v) is 2.47. The highest BCUT2D eigenvalue weighted by molar-refractivity contribution is 5.95. The Morgan fingerprint density at radius 1 is 1.25 bits per heavy atom. The largest absolute Gasteiger partial charge is 0.508 e. The fourth-order valence-electron chi connectivity index (χ4n) is 2.47. The Hall–Kier alpha value is -3.34. The summed E-state index contributed by atoms with van der Waals surface area (Å²) in [5.41, 5.74) is 7.77. The first-order valence-electron chi connectivity index (χ1n) is 7.38. The molecule has 0 aliphatic carbocycles. The van der Waals surface area contributed by atoms with Crippen molar-refractivity contribution in [1.29, 1.82) is 0 Å². The summed E-state index contributed by atoms with van der Waals surface area (Å²) < 4.78 is 5.88. The van der Waals surface area contributed by atoms with Gasteiger partial charge < -0.3 is 15.3 Å². The van der Waals surface area contributed by atoms with Gasteiger partial charge in [0.1, 0.15) is 16.9 Å². The molecular formula is C19H16N2O3. The van der Waals surface area contributed by atoms with Gasteiger partial charge in [-0.1, -0.05) is 30.3 Å². The summed E-state index contributed by atoms with van der Waals surface area (Å²) in [5, 5.41) is 10.3. The van der Waals surface area contributed by atoms with Gasteiger partial charge in [-0.2, -0.15) is 0 Å². The number of primary amides is 1. The van der Waals surface area contributed by atoms with Crippen LogP contribution in [0.4, 0.5) is 5.69 Å². The van der Waals surface area contributed by atoms with Crippen LogP contribution in [0.1, 0.15) is 15.9 Å². The van der Waals surface area contributed by atoms with Gasteiger partial charge in [-0.05, 0) is 30.2 Å². The van der Waals surface area contributed by atoms with Gasteiger partial charge in [0.15, 0.2) is 0 Å². The average Bonchev–Trinajstić information content (AvgIpc) is 2.55. The van der Waals surface area contributed by atoms with Gasteiger partial charge in [0.2, 0.25) is 5.55 Å². The molecule has 0 bridgehead atoms. The van der Waals surface area contributed by atoms with Crippen molar-refractivity contribution in [3.8, 4) is 5.75 Å². The molecule has 3 rings (SSSR count). The minimum Gasteiger partial charge on any atom is -0.508 e. The summed E-state index contributed by atoms with van der Waals surface area (Å²) in [5.74, 6) is -0.557. The lowest BCUT2D eigenvalue weighted by atomic mass is 10.1. The van der Waals surface area contributed by atoms with Gasteiger partial charge in [0, 0.05) is 11.5 Å². The number of phenolic OH excluding ortho intramolecular Hbond substituents is 1. The standard InChI is InChI=1S/C19H16N2O3/c1-2-5-12-6-3-7-13-10-16(18(20)23)19(24-17(12)13)21-14-8-4-9-15(22)11-14/h2-4,6-11,22H,1,5H2,(H2,20,23). The number of nitrogens with two attached hydrogens (primary N) is 1. The molecule has 1 heterocycles. The van der Waals surface area contributed by atoms with Crippen molar-refractivity contribution in [1.82, 2.24) is 0 Å². The van der Waals surface area contributed by atoms with E-state index >= 15 is 0 Å². The number of benzene rings is 2. The topological polar surface area (TPSA) is 88.8 Å². The fraction of sp³-hybridized carbons (Fsp3) is 0.0526. The number of para-hydroxylation sites is 1. The zero-order chi connectivity index (χ0) is 17.1. The highest BCUT2D eigenvalue weighted by atomic mass is 16.3. The monoisotopic (exact) mass is 320 g/mol. The van der Waals surface area contributed by atoms with E-state index in [1.807, 2.05) is 18.2 Å². The molecule has 5 nitrogen and oxygen atoms in total. The van der Waals surface area contributed by atoms with Gasteiger partial charge in [-0.25, -0.2) is 4.99 Å². The number of allylic oxidation sites excluding steroid dienone is 1. The number of hydrogen-bond donors (Lipinski definition) is 2. The van der Waals surface area contributed by atoms with E-state index in [2.05, 4.69) is 11.6 Å². The van der Waals surface area contributed by atoms with Gasteiger partial charge in [-0.3, -0.25) is 4.79 Å². The van der Waals surface area contributed by atoms with E-state index in [0.29, 0.717) is 17.7 Å². The van der Waals surface area contributed by atoms with Crippen LogP contribution in [0, 0.1) is 0 Å². The van der Waals surface area contributed by atoms with E-state index in [-0.39, 0.29) is 16.9 Å². The second kappa shape index (κ2) is 6.42. The number of phenols is 1. The van der Waals surface area contributed by atoms with Crippen LogP contribution in [0.15, 0.2) is 70.6 Å². The number of hydrogen-bond acceptors (Lipinski definition) is 4. The maximum Gasteiger partial charge on any atom is 0.254 e. The lowest BCUT2D eigenvalue weighted by Gasteiger charge is -2.06. The first-order chi connectivity index (χ1) is 11.6. The van der Waals surface area contributed by atoms with Crippen molar-refractivity contribution in [3.63, 3.8) is 0 Å². The SMILES string of the molecule is C=CCc1cccc2cc(C(N)=O)c(=Nc3cccc(O)c3)oc12. The lowest BCUT2D eigenvalue weighted by Crippen LogP contribution is -2.21. The molecule has 0 saturated heterocycles. The third kappa shape index (κ3) is 3.05. The molecule has 0 radical (unpaired) electrons. The Bertz CT molecular complexity index is 1000. The highest BCUT2D eigenvalue weighted by Gasteiger charge is 2.11. The van der Waals surface area contributed by atoms with E-state index in [4.69, 9.17) is 10.2 Å². The van der Waals surface area contributed by atoms with Crippen LogP contribution in [0.2, 0.25) is 0 Å². The normalized spacial score (nSPS) is 11.6. The number of aromatic hydroxyl groups is 1. The summed E-state index contributed by atoms with van der Waals surface area (Å²) in [4.78, 5) is 16.1. The summed E-state index contributed by atoms with van der Waals surface area (Å²) in [6, 6.07) is 13.7. The molecule has 24 heavy (non-hydrogen) atoms. The van der Waals surface area contributed by atoms with Crippen LogP contribution >= 0.6 is 0 Å². The number of nitrogens with zero attached hydrogens (tertiary/aromatic N) is 1. The van der Waals surface area contributed by atoms with Gasteiger partial charge in [-0.15, -0.1) is 6.58 Å². The van der Waals surface area contributed by atoms with Crippen molar-refractivity contribution in [2.24, 2.45) is 10.7 Å². The van der Waals surface area contributed by atoms with Crippen LogP contribution in [-0.4, -0.2) is 11.0 Å². The lowest BCUT2D eigenvalue weighted by molar-refractivity contribution is 0.0996. The Kier molecular flexibility index (Phi) is 4.16. The van der Waals surface area contributed by atoms with Crippen LogP contribution in [0.25, 0.3) is 11.0 Å². The second-order valence-electron chi connectivity index (χ2n) is 5.29. The predicted octanol–water partition coefficient (Wildman–Crippen LogP) is 3.20. The Morgan fingerprint density at radius 2 is 2.04 bits per heavy atom. The van der Waals surface area contributed by atoms with Crippen LogP contribution in [0.5, 0.6) is 5.75 Å². The van der Waals surface area contributed by atoms with E-state index in [0.717, 1.165) is 10.9 Å². The Labute approximate surface area is 138 Å². The maximum atomic E-state index is 11.8. The van der Waals surface area contributed by atoms with Crippen molar-refractivity contribution in [3.05, 3.63) is 77.9 Å². The molecule has 1 amide bonds. The molecule has 120 valence electrons. The van der Waals surface area contributed by atoms with Crippen molar-refractivity contribution in [2.75, 3.05) is 0 Å². The van der Waals surface area contributed by atoms with Crippen LogP contribution < -0.4 is 11.3 Å². The molecule has 0 spiro atoms. The summed E-state index contributed by atoms with van der Waals surface area (Å²) in [7, 11) is 0. The quantitative estimate of drug-likeness (QED) is 0.723. The first-order valence-corrected chi connectivity index (χ1v) is 7.38. The van der Waals surface area contributed by atoms with Crippen molar-refractivity contribution < 1.29 is 14.3 Å². The first kappa shape index (κ1) is 15.6. The Balaban J connectivity index is 2.32. The molecule has 0 fully saturated rings. The number of rotatable bonds is 4. The van der Waals surface area contributed by atoms with Crippen LogP contribution in [0.3, 0.4) is 0 Å². The summed E-state index contributed by atoms with van der Waals surface area (Å²) >= 11 is 0. The number of carbonyl (C=O) groups excluding carboxylic acids is 1. The molecular weight excluding hydrogens is 304 g/mol. The van der Waals surface area contributed by atoms with Gasteiger partial charge in [0.25, 0.3) is 5.91 Å². The van der Waals surface area contributed by atoms with E-state index in [1.165, 1.54) is 12.1 Å². The van der Waals surface area contributed by atoms with E-state index in [1.54, 1.807) is 24.3 Å². The molecule has 0 aliphatic heterocycles. The predicted molar refractivity (Wildman–Crippen MR) is 92.0 cm³/mol. The molecule has 3 aromatic rings. The average molecular weight is 320 g/mol. The molecule has 3 N–H and O–H groups in total. The molecule has 2 aromatic carbocycles. The minimum absolute atomic E-state index is 0.0741. The third-order valence-electron chi connectivity index (χ3n) is 3.55. The van der Waals surface area contributed by atoms with Gasteiger partial charge >= 0.3 is 0 Å². The minimum atomic E-state index is -0.631. The smallest absolute Gasteiger partial charge is 0.254 e. The summed E-state index contributed by atoms with van der Waals surface area (Å²) in [6.45, 7) is 3.74. The molecule has 1 aromatic heterocycles. The summed E-state index contributed by atoms with van der Waals surface area (Å²) in [6.07, 6.45) is 2.40. The molecule has 0 saturated carbocycles. The number of fused-ring (bicyclic) bond motifs is 1. The van der Waals surface area contributed by atoms with E-state index < -0.39 is 5.91 Å². The Morgan fingerprint density at radius 3 is 2.75 bits per heavy atom. The number of amides is 1. The zero-order valence-corrected chi connectivity index (χ0v) is 12.9. The van der Waals surface area contributed by atoms with Crippen molar-refractivity contribution >= 4 is 22.6 Å². The zero-order valence-electron chi connectivity index (χ0n) is 12.9. The molecule has 0 unspecified atom stereocenters. The molecule has 5 heteroatoms. The second-order valence-corrected chi connectivity index (χ2v) is 5.29. The van der Waals surface area contributed by atoms with Gasteiger partial charge in [0.05, 0.1) is 5.69 Å². The van der Waals surface area contributed by atoms with E-state index in [9.17, 15) is 9.90 Å². The molecule has 0 atom stereocenters. The van der Waals surface area contributed by atoms with Crippen LogP contribution in [-0.2, 0) is 6.42 Å².